The minimum Gasteiger partial charge on any atom is -0.453 e. The molecule has 0 radical (unpaired) electrons. The van der Waals surface area contributed by atoms with Gasteiger partial charge >= 0.3 is 6.09 Å². The van der Waals surface area contributed by atoms with Crippen LogP contribution in [-0.2, 0) is 16.1 Å². The zero-order valence-corrected chi connectivity index (χ0v) is 11.9. The molecule has 0 aromatic heterocycles. The van der Waals surface area contributed by atoms with Crippen LogP contribution in [0.5, 0.6) is 0 Å². The number of hydrogen-bond donors (Lipinski definition) is 1. The van der Waals surface area contributed by atoms with Crippen LogP contribution < -0.4 is 5.32 Å². The number of nitrogens with zero attached hydrogens (tertiary/aromatic N) is 1. The second-order valence-electron chi connectivity index (χ2n) is 5.02. The molecular weight excluding hydrogens is 256 g/mol. The zero-order valence-electron chi connectivity index (χ0n) is 11.9. The van der Waals surface area contributed by atoms with Gasteiger partial charge in [-0.25, -0.2) is 4.79 Å². The Morgan fingerprint density at radius 2 is 2.05 bits per heavy atom. The first-order valence-electron chi connectivity index (χ1n) is 6.79. The number of hydrogen-bond acceptors (Lipinski definition) is 3. The maximum atomic E-state index is 12.2. The summed E-state index contributed by atoms with van der Waals surface area (Å²) in [5, 5.41) is 2.88. The number of carbonyl (C=O) groups excluding carboxylic acids is 2. The Labute approximate surface area is 118 Å². The number of benzene rings is 1. The molecule has 0 saturated carbocycles. The molecule has 1 atom stereocenters. The lowest BCUT2D eigenvalue weighted by atomic mass is 10.1. The van der Waals surface area contributed by atoms with Crippen molar-refractivity contribution in [1.82, 2.24) is 10.2 Å². The average Bonchev–Trinajstić information content (AvgIpc) is 2.95. The highest BCUT2D eigenvalue weighted by molar-refractivity contribution is 5.86. The van der Waals surface area contributed by atoms with Gasteiger partial charge < -0.3 is 10.1 Å². The van der Waals surface area contributed by atoms with Crippen LogP contribution in [0, 0.1) is 6.92 Å². The summed E-state index contributed by atoms with van der Waals surface area (Å²) >= 11 is 0. The molecule has 20 heavy (non-hydrogen) atoms. The number of carbonyl (C=O) groups is 2. The van der Waals surface area contributed by atoms with Crippen molar-refractivity contribution in [2.24, 2.45) is 0 Å². The fourth-order valence-electron chi connectivity index (χ4n) is 2.39. The first kappa shape index (κ1) is 14.4. The molecule has 1 unspecified atom stereocenters. The Morgan fingerprint density at radius 3 is 2.70 bits per heavy atom. The summed E-state index contributed by atoms with van der Waals surface area (Å²) in [5.41, 5.74) is 2.24. The fraction of sp³-hybridized carbons (Fsp3) is 0.467. The zero-order chi connectivity index (χ0) is 14.5. The summed E-state index contributed by atoms with van der Waals surface area (Å²) < 4.78 is 4.70. The Kier molecular flexibility index (Phi) is 4.61. The van der Waals surface area contributed by atoms with Gasteiger partial charge in [-0.15, -0.1) is 0 Å². The van der Waals surface area contributed by atoms with E-state index in [1.165, 1.54) is 17.6 Å². The minimum absolute atomic E-state index is 0.117. The molecule has 2 rings (SSSR count). The monoisotopic (exact) mass is 276 g/mol. The SMILES string of the molecule is COC(=O)N1CCCC1C(=O)NCc1ccc(C)cc1. The number of likely N-dealkylation sites (tertiary alicyclic amines) is 1. The maximum Gasteiger partial charge on any atom is 0.410 e. The third kappa shape index (κ3) is 3.29. The van der Waals surface area contributed by atoms with Gasteiger partial charge in [0, 0.05) is 13.1 Å². The smallest absolute Gasteiger partial charge is 0.410 e. The van der Waals surface area contributed by atoms with Crippen LogP contribution in [0.25, 0.3) is 0 Å². The van der Waals surface area contributed by atoms with E-state index in [1.54, 1.807) is 0 Å². The van der Waals surface area contributed by atoms with Gasteiger partial charge in [0.25, 0.3) is 0 Å². The van der Waals surface area contributed by atoms with E-state index in [-0.39, 0.29) is 5.91 Å². The van der Waals surface area contributed by atoms with E-state index in [0.29, 0.717) is 19.5 Å². The van der Waals surface area contributed by atoms with Crippen molar-refractivity contribution in [1.29, 1.82) is 0 Å². The van der Waals surface area contributed by atoms with Gasteiger partial charge in [0.1, 0.15) is 6.04 Å². The quantitative estimate of drug-likeness (QED) is 0.916. The minimum atomic E-state index is -0.432. The lowest BCUT2D eigenvalue weighted by Gasteiger charge is -2.22. The predicted octanol–water partition coefficient (Wildman–Crippen LogP) is 1.84. The van der Waals surface area contributed by atoms with Crippen LogP contribution in [0.2, 0.25) is 0 Å². The number of nitrogens with one attached hydrogen (secondary N) is 1. The second kappa shape index (κ2) is 6.41. The van der Waals surface area contributed by atoms with E-state index < -0.39 is 12.1 Å². The lowest BCUT2D eigenvalue weighted by Crippen LogP contribution is -2.45. The van der Waals surface area contributed by atoms with Crippen molar-refractivity contribution >= 4 is 12.0 Å². The highest BCUT2D eigenvalue weighted by atomic mass is 16.5. The molecule has 5 nitrogen and oxygen atoms in total. The number of rotatable bonds is 3. The summed E-state index contributed by atoms with van der Waals surface area (Å²) in [6.45, 7) is 3.08. The summed E-state index contributed by atoms with van der Waals surface area (Å²) in [4.78, 5) is 25.2. The molecule has 0 spiro atoms. The van der Waals surface area contributed by atoms with Crippen LogP contribution >= 0.6 is 0 Å². The molecular formula is C15H20N2O3. The van der Waals surface area contributed by atoms with Gasteiger partial charge in [0.2, 0.25) is 5.91 Å². The van der Waals surface area contributed by atoms with E-state index in [0.717, 1.165) is 12.0 Å². The van der Waals surface area contributed by atoms with Gasteiger partial charge in [-0.3, -0.25) is 9.69 Å². The van der Waals surface area contributed by atoms with E-state index >= 15 is 0 Å². The molecule has 1 aromatic rings. The molecule has 0 bridgehead atoms. The first-order chi connectivity index (χ1) is 9.61. The third-order valence-electron chi connectivity index (χ3n) is 3.55. The molecule has 1 fully saturated rings. The Morgan fingerprint density at radius 1 is 1.35 bits per heavy atom. The van der Waals surface area contributed by atoms with E-state index in [2.05, 4.69) is 5.32 Å². The van der Waals surface area contributed by atoms with Crippen molar-refractivity contribution in [3.63, 3.8) is 0 Å². The molecule has 1 aliphatic heterocycles. The number of ether oxygens (including phenoxy) is 1. The normalized spacial score (nSPS) is 17.9. The Hall–Kier alpha value is -2.04. The standard InChI is InChI=1S/C15H20N2O3/c1-11-5-7-12(8-6-11)10-16-14(18)13-4-3-9-17(13)15(19)20-2/h5-8,13H,3-4,9-10H2,1-2H3,(H,16,18). The van der Waals surface area contributed by atoms with Gasteiger partial charge in [0.05, 0.1) is 7.11 Å². The van der Waals surface area contributed by atoms with Crippen LogP contribution in [-0.4, -0.2) is 36.6 Å². The predicted molar refractivity (Wildman–Crippen MR) is 75.2 cm³/mol. The second-order valence-corrected chi connectivity index (χ2v) is 5.02. The number of aryl methyl sites for hydroxylation is 1. The van der Waals surface area contributed by atoms with E-state index in [4.69, 9.17) is 4.74 Å². The molecule has 5 heteroatoms. The first-order valence-corrected chi connectivity index (χ1v) is 6.79. The van der Waals surface area contributed by atoms with Crippen LogP contribution in [0.1, 0.15) is 24.0 Å². The fourth-order valence-corrected chi connectivity index (χ4v) is 2.39. The third-order valence-corrected chi connectivity index (χ3v) is 3.55. The van der Waals surface area contributed by atoms with Crippen LogP contribution in [0.4, 0.5) is 4.79 Å². The highest BCUT2D eigenvalue weighted by Crippen LogP contribution is 2.18. The van der Waals surface area contributed by atoms with E-state index in [1.807, 2.05) is 31.2 Å². The molecule has 2 amide bonds. The van der Waals surface area contributed by atoms with Crippen molar-refractivity contribution in [2.45, 2.75) is 32.4 Å². The molecule has 1 heterocycles. The topological polar surface area (TPSA) is 58.6 Å². The molecule has 1 N–H and O–H groups in total. The highest BCUT2D eigenvalue weighted by Gasteiger charge is 2.34. The summed E-state index contributed by atoms with van der Waals surface area (Å²) in [6, 6.07) is 7.59. The van der Waals surface area contributed by atoms with Crippen LogP contribution in [0.15, 0.2) is 24.3 Å². The van der Waals surface area contributed by atoms with Gasteiger partial charge in [-0.05, 0) is 25.3 Å². The molecule has 1 aromatic carbocycles. The lowest BCUT2D eigenvalue weighted by molar-refractivity contribution is -0.125. The molecule has 1 saturated heterocycles. The maximum absolute atomic E-state index is 12.2. The Balaban J connectivity index is 1.91. The Bertz CT molecular complexity index is 484. The molecule has 108 valence electrons. The van der Waals surface area contributed by atoms with E-state index in [9.17, 15) is 9.59 Å². The average molecular weight is 276 g/mol. The van der Waals surface area contributed by atoms with Crippen molar-refractivity contribution < 1.29 is 14.3 Å². The number of amides is 2. The van der Waals surface area contributed by atoms with Gasteiger partial charge in [-0.1, -0.05) is 29.8 Å². The van der Waals surface area contributed by atoms with Gasteiger partial charge in [0.15, 0.2) is 0 Å². The van der Waals surface area contributed by atoms with Crippen molar-refractivity contribution in [3.05, 3.63) is 35.4 Å². The van der Waals surface area contributed by atoms with Gasteiger partial charge in [-0.2, -0.15) is 0 Å². The molecule has 1 aliphatic rings. The summed E-state index contributed by atoms with van der Waals surface area (Å²) in [7, 11) is 1.34. The number of methoxy groups -OCH3 is 1. The summed E-state index contributed by atoms with van der Waals surface area (Å²) in [5.74, 6) is -0.117. The van der Waals surface area contributed by atoms with Crippen LogP contribution in [0.3, 0.4) is 0 Å². The van der Waals surface area contributed by atoms with Crippen molar-refractivity contribution in [2.75, 3.05) is 13.7 Å². The largest absolute Gasteiger partial charge is 0.453 e. The molecule has 0 aliphatic carbocycles. The summed E-state index contributed by atoms with van der Waals surface area (Å²) in [6.07, 6.45) is 1.09. The van der Waals surface area contributed by atoms with Crippen molar-refractivity contribution in [3.8, 4) is 0 Å².